The van der Waals surface area contributed by atoms with Crippen LogP contribution in [0.2, 0.25) is 0 Å². The Kier molecular flexibility index (Phi) is 4.22. The summed E-state index contributed by atoms with van der Waals surface area (Å²) in [6.07, 6.45) is 3.42. The first-order valence-corrected chi connectivity index (χ1v) is 6.74. The van der Waals surface area contributed by atoms with Gasteiger partial charge in [-0.1, -0.05) is 34.1 Å². The first kappa shape index (κ1) is 13.6. The molecule has 1 N–H and O–H groups in total. The van der Waals surface area contributed by atoms with Crippen molar-refractivity contribution in [2.24, 2.45) is 0 Å². The van der Waals surface area contributed by atoms with Gasteiger partial charge < -0.3 is 9.88 Å². The average molecular weight is 319 g/mol. The zero-order chi connectivity index (χ0) is 13.8. The maximum absolute atomic E-state index is 12.4. The van der Waals surface area contributed by atoms with Crippen LogP contribution in [-0.4, -0.2) is 28.9 Å². The molecule has 0 aliphatic heterocycles. The number of rotatable bonds is 5. The number of carbonyl (C=O) groups is 1. The number of aromatic amines is 1. The van der Waals surface area contributed by atoms with Crippen LogP contribution in [0.25, 0.3) is 10.9 Å². The van der Waals surface area contributed by atoms with E-state index in [1.165, 1.54) is 0 Å². The summed E-state index contributed by atoms with van der Waals surface area (Å²) >= 11 is 3.42. The Balaban J connectivity index is 2.34. The molecule has 0 unspecified atom stereocenters. The van der Waals surface area contributed by atoms with Crippen LogP contribution in [0.1, 0.15) is 10.5 Å². The van der Waals surface area contributed by atoms with Crippen LogP contribution < -0.4 is 0 Å². The second-order valence-electron chi connectivity index (χ2n) is 4.20. The largest absolute Gasteiger partial charge is 0.350 e. The Morgan fingerprint density at radius 3 is 2.58 bits per heavy atom. The van der Waals surface area contributed by atoms with E-state index in [9.17, 15) is 4.79 Å². The molecule has 1 heterocycles. The van der Waals surface area contributed by atoms with Crippen LogP contribution >= 0.6 is 15.9 Å². The number of fused-ring (bicyclic) bond motifs is 1. The Hall–Kier alpha value is -1.81. The highest BCUT2D eigenvalue weighted by Crippen LogP contribution is 2.21. The molecule has 2 rings (SSSR count). The van der Waals surface area contributed by atoms with E-state index >= 15 is 0 Å². The molecule has 98 valence electrons. The van der Waals surface area contributed by atoms with Gasteiger partial charge in [-0.2, -0.15) is 0 Å². The summed E-state index contributed by atoms with van der Waals surface area (Å²) in [5.74, 6) is -0.0490. The third-order valence-corrected chi connectivity index (χ3v) is 3.29. The first-order chi connectivity index (χ1) is 9.15. The second kappa shape index (κ2) is 5.89. The molecule has 1 aromatic carbocycles. The maximum atomic E-state index is 12.4. The predicted octanol–water partition coefficient (Wildman–Crippen LogP) is 3.74. The topological polar surface area (TPSA) is 36.1 Å². The molecule has 1 amide bonds. The van der Waals surface area contributed by atoms with Crippen LogP contribution in [0.3, 0.4) is 0 Å². The van der Waals surface area contributed by atoms with Gasteiger partial charge in [0.1, 0.15) is 5.69 Å². The number of hydrogen-bond donors (Lipinski definition) is 1. The van der Waals surface area contributed by atoms with Gasteiger partial charge in [0.2, 0.25) is 0 Å². The highest BCUT2D eigenvalue weighted by Gasteiger charge is 2.15. The van der Waals surface area contributed by atoms with E-state index in [0.717, 1.165) is 15.4 Å². The SMILES string of the molecule is C=CCN(CC=C)C(=O)c1cc2ccc(Br)cc2[nH]1. The lowest BCUT2D eigenvalue weighted by molar-refractivity contribution is 0.0786. The lowest BCUT2D eigenvalue weighted by Crippen LogP contribution is -2.31. The summed E-state index contributed by atoms with van der Waals surface area (Å²) in [6.45, 7) is 8.34. The average Bonchev–Trinajstić information content (AvgIpc) is 2.80. The Morgan fingerprint density at radius 1 is 1.26 bits per heavy atom. The summed E-state index contributed by atoms with van der Waals surface area (Å²) < 4.78 is 0.981. The lowest BCUT2D eigenvalue weighted by atomic mass is 10.2. The maximum Gasteiger partial charge on any atom is 0.270 e. The van der Waals surface area contributed by atoms with E-state index in [0.29, 0.717) is 18.8 Å². The standard InChI is InChI=1S/C15H15BrN2O/c1-3-7-18(8-4-2)15(19)14-9-11-5-6-12(16)10-13(11)17-14/h3-6,9-10,17H,1-2,7-8H2. The van der Waals surface area contributed by atoms with Gasteiger partial charge in [0, 0.05) is 28.5 Å². The number of amides is 1. The molecule has 2 aromatic rings. The minimum absolute atomic E-state index is 0.0490. The highest BCUT2D eigenvalue weighted by molar-refractivity contribution is 9.10. The lowest BCUT2D eigenvalue weighted by Gasteiger charge is -2.18. The number of aromatic nitrogens is 1. The van der Waals surface area contributed by atoms with Crippen LogP contribution in [0.5, 0.6) is 0 Å². The highest BCUT2D eigenvalue weighted by atomic mass is 79.9. The van der Waals surface area contributed by atoms with Crippen molar-refractivity contribution in [3.63, 3.8) is 0 Å². The van der Waals surface area contributed by atoms with E-state index < -0.39 is 0 Å². The van der Waals surface area contributed by atoms with Crippen LogP contribution in [0.4, 0.5) is 0 Å². The predicted molar refractivity (Wildman–Crippen MR) is 82.3 cm³/mol. The van der Waals surface area contributed by atoms with E-state index in [4.69, 9.17) is 0 Å². The molecule has 0 saturated heterocycles. The van der Waals surface area contributed by atoms with E-state index in [1.54, 1.807) is 17.1 Å². The molecule has 1 aromatic heterocycles. The van der Waals surface area contributed by atoms with Crippen molar-refractivity contribution >= 4 is 32.7 Å². The number of hydrogen-bond acceptors (Lipinski definition) is 1. The minimum atomic E-state index is -0.0490. The third-order valence-electron chi connectivity index (χ3n) is 2.80. The number of nitrogens with zero attached hydrogens (tertiary/aromatic N) is 1. The quantitative estimate of drug-likeness (QED) is 0.837. The number of halogens is 1. The fourth-order valence-electron chi connectivity index (χ4n) is 1.94. The molecule has 0 saturated carbocycles. The Labute approximate surface area is 120 Å². The van der Waals surface area contributed by atoms with Crippen LogP contribution in [-0.2, 0) is 0 Å². The van der Waals surface area contributed by atoms with Crippen molar-refractivity contribution in [3.8, 4) is 0 Å². The summed E-state index contributed by atoms with van der Waals surface area (Å²) in [5, 5.41) is 1.02. The fourth-order valence-corrected chi connectivity index (χ4v) is 2.30. The van der Waals surface area contributed by atoms with Crippen molar-refractivity contribution in [1.82, 2.24) is 9.88 Å². The van der Waals surface area contributed by atoms with Gasteiger partial charge in [-0.05, 0) is 18.2 Å². The number of carbonyl (C=O) groups excluding carboxylic acids is 1. The van der Waals surface area contributed by atoms with Crippen molar-refractivity contribution in [2.45, 2.75) is 0 Å². The second-order valence-corrected chi connectivity index (χ2v) is 5.12. The Bertz CT molecular complexity index is 620. The van der Waals surface area contributed by atoms with Crippen molar-refractivity contribution in [2.75, 3.05) is 13.1 Å². The van der Waals surface area contributed by atoms with Gasteiger partial charge >= 0.3 is 0 Å². The molecular formula is C15H15BrN2O. The van der Waals surface area contributed by atoms with Gasteiger partial charge in [-0.15, -0.1) is 13.2 Å². The molecule has 3 nitrogen and oxygen atoms in total. The number of H-pyrrole nitrogens is 1. The molecule has 0 aliphatic rings. The first-order valence-electron chi connectivity index (χ1n) is 5.95. The van der Waals surface area contributed by atoms with Gasteiger partial charge in [-0.25, -0.2) is 0 Å². The summed E-state index contributed by atoms with van der Waals surface area (Å²) in [5.41, 5.74) is 1.52. The summed E-state index contributed by atoms with van der Waals surface area (Å²) in [7, 11) is 0. The van der Waals surface area contributed by atoms with Gasteiger partial charge in [-0.3, -0.25) is 4.79 Å². The zero-order valence-electron chi connectivity index (χ0n) is 10.5. The summed E-state index contributed by atoms with van der Waals surface area (Å²) in [4.78, 5) is 17.2. The monoisotopic (exact) mass is 318 g/mol. The molecule has 4 heteroatoms. The zero-order valence-corrected chi connectivity index (χ0v) is 12.1. The van der Waals surface area contributed by atoms with Gasteiger partial charge in [0.05, 0.1) is 0 Å². The van der Waals surface area contributed by atoms with Crippen LogP contribution in [0, 0.1) is 0 Å². The fraction of sp³-hybridized carbons (Fsp3) is 0.133. The molecule has 0 aliphatic carbocycles. The smallest absolute Gasteiger partial charge is 0.270 e. The van der Waals surface area contributed by atoms with Crippen molar-refractivity contribution in [1.29, 1.82) is 0 Å². The van der Waals surface area contributed by atoms with Gasteiger partial charge in [0.25, 0.3) is 5.91 Å². The molecule has 0 spiro atoms. The van der Waals surface area contributed by atoms with E-state index in [-0.39, 0.29) is 5.91 Å². The Morgan fingerprint density at radius 2 is 1.95 bits per heavy atom. The number of nitrogens with one attached hydrogen (secondary N) is 1. The molecule has 19 heavy (non-hydrogen) atoms. The van der Waals surface area contributed by atoms with E-state index in [2.05, 4.69) is 34.1 Å². The van der Waals surface area contributed by atoms with Gasteiger partial charge in [0.15, 0.2) is 0 Å². The molecular weight excluding hydrogens is 304 g/mol. The van der Waals surface area contributed by atoms with Crippen LogP contribution in [0.15, 0.2) is 54.0 Å². The molecule has 0 atom stereocenters. The third kappa shape index (κ3) is 2.96. The number of benzene rings is 1. The normalized spacial score (nSPS) is 10.4. The molecule has 0 bridgehead atoms. The minimum Gasteiger partial charge on any atom is -0.350 e. The van der Waals surface area contributed by atoms with E-state index in [1.807, 2.05) is 24.3 Å². The van der Waals surface area contributed by atoms with Crippen molar-refractivity contribution in [3.05, 3.63) is 59.7 Å². The summed E-state index contributed by atoms with van der Waals surface area (Å²) in [6, 6.07) is 7.74. The molecule has 0 fully saturated rings. The van der Waals surface area contributed by atoms with Crippen molar-refractivity contribution < 1.29 is 4.79 Å². The molecule has 0 radical (unpaired) electrons.